The number of hydrogen-bond donors (Lipinski definition) is 0. The van der Waals surface area contributed by atoms with Crippen LogP contribution in [0.25, 0.3) is 0 Å². The lowest BCUT2D eigenvalue weighted by Gasteiger charge is -2.57. The standard InChI is InChI=1S/C19H26O/c1-13-8-10-19-9-4-3-5-17(19)16(13)11-14-6-7-15(20-2)12-18(14)19/h6-7,12-13,16-17H,3-5,8-11H2,1-2H3/t13?,16-,17-,19?/m0/s1. The Balaban J connectivity index is 1.88. The molecular formula is C19H26O. The second-order valence-corrected chi connectivity index (χ2v) is 7.42. The van der Waals surface area contributed by atoms with E-state index in [1.807, 2.05) is 0 Å². The number of benzene rings is 1. The van der Waals surface area contributed by atoms with E-state index in [-0.39, 0.29) is 0 Å². The van der Waals surface area contributed by atoms with Gasteiger partial charge in [-0.25, -0.2) is 0 Å². The van der Waals surface area contributed by atoms with Gasteiger partial charge in [0, 0.05) is 0 Å². The van der Waals surface area contributed by atoms with Crippen molar-refractivity contribution in [2.45, 2.75) is 57.3 Å². The van der Waals surface area contributed by atoms with Crippen LogP contribution in [0.15, 0.2) is 18.2 Å². The van der Waals surface area contributed by atoms with Crippen LogP contribution in [0.4, 0.5) is 0 Å². The van der Waals surface area contributed by atoms with E-state index in [0.717, 1.165) is 23.5 Å². The number of rotatable bonds is 1. The van der Waals surface area contributed by atoms with Crippen LogP contribution in [0.2, 0.25) is 0 Å². The SMILES string of the molecule is COc1ccc2c(c1)C13CCCC[C@H]1[C@@H](C2)C(C)CC3. The Hall–Kier alpha value is -0.980. The third kappa shape index (κ3) is 1.61. The van der Waals surface area contributed by atoms with Crippen LogP contribution in [-0.2, 0) is 11.8 Å². The van der Waals surface area contributed by atoms with E-state index >= 15 is 0 Å². The zero-order chi connectivity index (χ0) is 13.7. The fourth-order valence-corrected chi connectivity index (χ4v) is 5.69. The molecule has 1 aromatic carbocycles. The maximum absolute atomic E-state index is 5.52. The summed E-state index contributed by atoms with van der Waals surface area (Å²) in [5, 5.41) is 0. The number of hydrogen-bond acceptors (Lipinski definition) is 1. The largest absolute Gasteiger partial charge is 0.497 e. The van der Waals surface area contributed by atoms with Crippen molar-refractivity contribution in [3.63, 3.8) is 0 Å². The lowest BCUT2D eigenvalue weighted by molar-refractivity contribution is 0.0174. The van der Waals surface area contributed by atoms with Crippen molar-refractivity contribution < 1.29 is 4.74 Å². The maximum atomic E-state index is 5.52. The lowest BCUT2D eigenvalue weighted by atomic mass is 9.47. The Bertz CT molecular complexity index is 520. The van der Waals surface area contributed by atoms with E-state index in [2.05, 4.69) is 25.1 Å². The summed E-state index contributed by atoms with van der Waals surface area (Å²) in [7, 11) is 1.80. The van der Waals surface area contributed by atoms with E-state index in [9.17, 15) is 0 Å². The summed E-state index contributed by atoms with van der Waals surface area (Å²) in [6, 6.07) is 6.89. The summed E-state index contributed by atoms with van der Waals surface area (Å²) in [6.45, 7) is 2.50. The van der Waals surface area contributed by atoms with Crippen LogP contribution in [0.3, 0.4) is 0 Å². The first kappa shape index (κ1) is 12.7. The normalized spacial score (nSPS) is 38.8. The van der Waals surface area contributed by atoms with Gasteiger partial charge in [-0.3, -0.25) is 0 Å². The van der Waals surface area contributed by atoms with Gasteiger partial charge >= 0.3 is 0 Å². The first-order valence-corrected chi connectivity index (χ1v) is 8.42. The topological polar surface area (TPSA) is 9.23 Å². The molecule has 3 aliphatic carbocycles. The highest BCUT2D eigenvalue weighted by molar-refractivity contribution is 5.45. The second kappa shape index (κ2) is 4.51. The van der Waals surface area contributed by atoms with Crippen molar-refractivity contribution in [2.75, 3.05) is 7.11 Å². The highest BCUT2D eigenvalue weighted by Gasteiger charge is 2.53. The minimum absolute atomic E-state index is 0.498. The molecule has 1 nitrogen and oxygen atoms in total. The molecule has 3 aliphatic rings. The first-order chi connectivity index (χ1) is 9.74. The number of methoxy groups -OCH3 is 1. The van der Waals surface area contributed by atoms with Gasteiger partial charge in [-0.15, -0.1) is 0 Å². The van der Waals surface area contributed by atoms with Gasteiger partial charge in [0.15, 0.2) is 0 Å². The van der Waals surface area contributed by atoms with Crippen LogP contribution < -0.4 is 4.74 Å². The van der Waals surface area contributed by atoms with Crippen molar-refractivity contribution in [1.82, 2.24) is 0 Å². The second-order valence-electron chi connectivity index (χ2n) is 7.42. The molecule has 0 radical (unpaired) electrons. The van der Waals surface area contributed by atoms with Crippen molar-refractivity contribution in [1.29, 1.82) is 0 Å². The summed E-state index contributed by atoms with van der Waals surface area (Å²) < 4.78 is 5.52. The van der Waals surface area contributed by atoms with E-state index in [1.165, 1.54) is 44.9 Å². The van der Waals surface area contributed by atoms with Crippen molar-refractivity contribution >= 4 is 0 Å². The van der Waals surface area contributed by atoms with E-state index in [0.29, 0.717) is 5.41 Å². The number of fused-ring (bicyclic) bond motifs is 1. The van der Waals surface area contributed by atoms with Gasteiger partial charge in [-0.05, 0) is 78.5 Å². The quantitative estimate of drug-likeness (QED) is 0.717. The molecule has 1 heteroatoms. The Kier molecular flexibility index (Phi) is 2.87. The maximum Gasteiger partial charge on any atom is 0.119 e. The molecule has 0 aliphatic heterocycles. The summed E-state index contributed by atoms with van der Waals surface area (Å²) in [5.74, 6) is 3.85. The molecule has 2 unspecified atom stereocenters. The summed E-state index contributed by atoms with van der Waals surface area (Å²) in [5.41, 5.74) is 3.78. The monoisotopic (exact) mass is 270 g/mol. The zero-order valence-electron chi connectivity index (χ0n) is 12.8. The predicted molar refractivity (Wildman–Crippen MR) is 82.2 cm³/mol. The minimum Gasteiger partial charge on any atom is -0.497 e. The van der Waals surface area contributed by atoms with Gasteiger partial charge in [0.1, 0.15) is 5.75 Å². The third-order valence-corrected chi connectivity index (χ3v) is 6.70. The zero-order valence-corrected chi connectivity index (χ0v) is 12.8. The molecule has 0 heterocycles. The molecule has 1 aromatic rings. The molecule has 0 amide bonds. The molecule has 20 heavy (non-hydrogen) atoms. The Morgan fingerprint density at radius 2 is 2.05 bits per heavy atom. The molecule has 0 N–H and O–H groups in total. The Morgan fingerprint density at radius 1 is 1.15 bits per heavy atom. The minimum atomic E-state index is 0.498. The molecular weight excluding hydrogens is 244 g/mol. The molecule has 0 saturated heterocycles. The van der Waals surface area contributed by atoms with E-state index in [4.69, 9.17) is 4.74 Å². The van der Waals surface area contributed by atoms with Gasteiger partial charge in [0.05, 0.1) is 7.11 Å². The lowest BCUT2D eigenvalue weighted by Crippen LogP contribution is -2.51. The molecule has 4 atom stereocenters. The van der Waals surface area contributed by atoms with Crippen LogP contribution >= 0.6 is 0 Å². The molecule has 2 saturated carbocycles. The fourth-order valence-electron chi connectivity index (χ4n) is 5.69. The molecule has 2 fully saturated rings. The molecule has 4 rings (SSSR count). The smallest absolute Gasteiger partial charge is 0.119 e. The van der Waals surface area contributed by atoms with Crippen LogP contribution in [0, 0.1) is 17.8 Å². The van der Waals surface area contributed by atoms with Gasteiger partial charge < -0.3 is 4.74 Å². The molecule has 108 valence electrons. The first-order valence-electron chi connectivity index (χ1n) is 8.42. The molecule has 0 spiro atoms. The average molecular weight is 270 g/mol. The van der Waals surface area contributed by atoms with Gasteiger partial charge in [-0.1, -0.05) is 25.8 Å². The van der Waals surface area contributed by atoms with Crippen molar-refractivity contribution in [2.24, 2.45) is 17.8 Å². The molecule has 0 aromatic heterocycles. The van der Waals surface area contributed by atoms with Gasteiger partial charge in [0.25, 0.3) is 0 Å². The van der Waals surface area contributed by atoms with Crippen molar-refractivity contribution in [3.05, 3.63) is 29.3 Å². The summed E-state index contributed by atoms with van der Waals surface area (Å²) in [4.78, 5) is 0. The third-order valence-electron chi connectivity index (χ3n) is 6.70. The van der Waals surface area contributed by atoms with E-state index < -0.39 is 0 Å². The molecule has 2 bridgehead atoms. The van der Waals surface area contributed by atoms with Crippen LogP contribution in [0.1, 0.15) is 56.6 Å². The summed E-state index contributed by atoms with van der Waals surface area (Å²) in [6.07, 6.45) is 9.91. The van der Waals surface area contributed by atoms with E-state index in [1.54, 1.807) is 18.2 Å². The fraction of sp³-hybridized carbons (Fsp3) is 0.684. The average Bonchev–Trinajstić information content (AvgIpc) is 2.50. The highest BCUT2D eigenvalue weighted by Crippen LogP contribution is 2.60. The van der Waals surface area contributed by atoms with Gasteiger partial charge in [-0.2, -0.15) is 0 Å². The Labute approximate surface area is 122 Å². The highest BCUT2D eigenvalue weighted by atomic mass is 16.5. The van der Waals surface area contributed by atoms with Crippen LogP contribution in [0.5, 0.6) is 5.75 Å². The Morgan fingerprint density at radius 3 is 2.90 bits per heavy atom. The summed E-state index contributed by atoms with van der Waals surface area (Å²) >= 11 is 0. The predicted octanol–water partition coefficient (Wildman–Crippen LogP) is 4.73. The van der Waals surface area contributed by atoms with Crippen molar-refractivity contribution in [3.8, 4) is 5.75 Å². The van der Waals surface area contributed by atoms with Crippen LogP contribution in [-0.4, -0.2) is 7.11 Å². The van der Waals surface area contributed by atoms with Gasteiger partial charge in [0.2, 0.25) is 0 Å². The number of ether oxygens (including phenoxy) is 1.